The molecule has 2 aromatic heterocycles. The maximum Gasteiger partial charge on any atom is 0.257 e. The Hall–Kier alpha value is -2.17. The van der Waals surface area contributed by atoms with E-state index in [1.165, 1.54) is 0 Å². The Balaban J connectivity index is 1.59. The van der Waals surface area contributed by atoms with Gasteiger partial charge in [0.1, 0.15) is 16.9 Å². The molecule has 9 nitrogen and oxygen atoms in total. The first kappa shape index (κ1) is 21.1. The van der Waals surface area contributed by atoms with Gasteiger partial charge in [-0.15, -0.1) is 5.10 Å². The van der Waals surface area contributed by atoms with Gasteiger partial charge in [-0.05, 0) is 19.8 Å². The van der Waals surface area contributed by atoms with Crippen molar-refractivity contribution in [1.82, 2.24) is 24.6 Å². The van der Waals surface area contributed by atoms with Gasteiger partial charge in [-0.3, -0.25) is 9.58 Å². The number of hydrogen-bond acceptors (Lipinski definition) is 8. The van der Waals surface area contributed by atoms with Crippen molar-refractivity contribution in [2.75, 3.05) is 57.1 Å². The largest absolute Gasteiger partial charge is 0.475 e. The number of methoxy groups -OCH3 is 1. The van der Waals surface area contributed by atoms with Crippen LogP contribution in [0.5, 0.6) is 5.88 Å². The van der Waals surface area contributed by atoms with Crippen LogP contribution in [0.1, 0.15) is 24.6 Å². The van der Waals surface area contributed by atoms with E-state index in [2.05, 4.69) is 30.6 Å². The fourth-order valence-corrected chi connectivity index (χ4v) is 3.98. The second-order valence-electron chi connectivity index (χ2n) is 7.52. The molecule has 2 aliphatic heterocycles. The monoisotopic (exact) mass is 439 g/mol. The second-order valence-corrected chi connectivity index (χ2v) is 7.93. The number of piperidine rings is 1. The highest BCUT2D eigenvalue weighted by Crippen LogP contribution is 2.36. The molecule has 1 saturated heterocycles. The van der Waals surface area contributed by atoms with Crippen LogP contribution in [0.3, 0.4) is 0 Å². The normalized spacial score (nSPS) is 22.3. The third kappa shape index (κ3) is 4.45. The van der Waals surface area contributed by atoms with Gasteiger partial charge in [0.25, 0.3) is 5.88 Å². The summed E-state index contributed by atoms with van der Waals surface area (Å²) in [6.07, 6.45) is 1.92. The van der Waals surface area contributed by atoms with Crippen molar-refractivity contribution in [3.05, 3.63) is 16.9 Å². The van der Waals surface area contributed by atoms with Crippen LogP contribution >= 0.6 is 11.6 Å². The number of alkyl halides is 1. The van der Waals surface area contributed by atoms with Crippen LogP contribution in [0.25, 0.3) is 0 Å². The topological polar surface area (TPSA) is 89.4 Å². The molecule has 0 aromatic carbocycles. The number of halogens is 2. The van der Waals surface area contributed by atoms with E-state index < -0.39 is 6.17 Å². The summed E-state index contributed by atoms with van der Waals surface area (Å²) in [6, 6.07) is -0.349. The van der Waals surface area contributed by atoms with Gasteiger partial charge in [-0.2, -0.15) is 4.98 Å². The van der Waals surface area contributed by atoms with E-state index in [-0.39, 0.29) is 6.04 Å². The first-order valence-corrected chi connectivity index (χ1v) is 10.6. The maximum absolute atomic E-state index is 15.1. The number of likely N-dealkylation sites (tertiary alicyclic amines) is 1. The summed E-state index contributed by atoms with van der Waals surface area (Å²) in [6.45, 7) is 5.51. The summed E-state index contributed by atoms with van der Waals surface area (Å²) in [5, 5.41) is 11.4. The minimum absolute atomic E-state index is 0.349. The van der Waals surface area contributed by atoms with Gasteiger partial charge in [0.05, 0.1) is 31.1 Å². The molecule has 0 saturated carbocycles. The Morgan fingerprint density at radius 1 is 1.43 bits per heavy atom. The Kier molecular flexibility index (Phi) is 6.55. The maximum atomic E-state index is 15.1. The van der Waals surface area contributed by atoms with E-state index in [0.717, 1.165) is 25.2 Å². The van der Waals surface area contributed by atoms with Gasteiger partial charge in [0.2, 0.25) is 5.95 Å². The number of rotatable bonds is 4. The number of anilines is 3. The summed E-state index contributed by atoms with van der Waals surface area (Å²) in [4.78, 5) is 10.8. The lowest BCUT2D eigenvalue weighted by molar-refractivity contribution is 0.0623. The third-order valence-electron chi connectivity index (χ3n) is 5.47. The van der Waals surface area contributed by atoms with Crippen molar-refractivity contribution in [2.24, 2.45) is 0 Å². The summed E-state index contributed by atoms with van der Waals surface area (Å²) < 4.78 is 27.8. The van der Waals surface area contributed by atoms with Crippen LogP contribution in [-0.2, 0) is 4.74 Å². The van der Waals surface area contributed by atoms with Gasteiger partial charge in [0, 0.05) is 33.3 Å². The minimum Gasteiger partial charge on any atom is -0.475 e. The predicted octanol–water partition coefficient (Wildman–Crippen LogP) is 2.80. The van der Waals surface area contributed by atoms with Crippen LogP contribution in [0, 0.1) is 6.92 Å². The summed E-state index contributed by atoms with van der Waals surface area (Å²) >= 11 is 6.17. The Labute approximate surface area is 179 Å². The minimum atomic E-state index is -1.03. The highest BCUT2D eigenvalue weighted by atomic mass is 35.5. The van der Waals surface area contributed by atoms with E-state index in [9.17, 15) is 0 Å². The lowest BCUT2D eigenvalue weighted by Gasteiger charge is -2.35. The van der Waals surface area contributed by atoms with Crippen molar-refractivity contribution in [2.45, 2.75) is 32.0 Å². The standard InChI is InChI=1S/C19H27ClFN7O2/c1-12-16-18(26-28(12)15-4-6-27(7-9-29-2)11-14(15)21)30-8-3-5-22-17-13(20)10-23-19(24-16)25-17/h10,14-15H,3-9,11H2,1-2H3,(H2,22,23,24,25)/t14-,15-/m1/s1. The molecule has 164 valence electrons. The first-order chi connectivity index (χ1) is 14.6. The molecule has 11 heteroatoms. The number of ether oxygens (including phenoxy) is 2. The molecular weight excluding hydrogens is 413 g/mol. The third-order valence-corrected chi connectivity index (χ3v) is 5.74. The van der Waals surface area contributed by atoms with E-state index in [1.54, 1.807) is 18.0 Å². The zero-order valence-corrected chi connectivity index (χ0v) is 18.0. The Morgan fingerprint density at radius 3 is 3.10 bits per heavy atom. The van der Waals surface area contributed by atoms with Crippen LogP contribution in [-0.4, -0.2) is 77.3 Å². The van der Waals surface area contributed by atoms with Crippen molar-refractivity contribution < 1.29 is 13.9 Å². The predicted molar refractivity (Wildman–Crippen MR) is 113 cm³/mol. The molecule has 2 N–H and O–H groups in total. The van der Waals surface area contributed by atoms with Crippen LogP contribution in [0.15, 0.2) is 6.20 Å². The van der Waals surface area contributed by atoms with Crippen LogP contribution in [0.2, 0.25) is 5.02 Å². The molecule has 2 aliphatic rings. The van der Waals surface area contributed by atoms with Crippen molar-refractivity contribution >= 4 is 29.1 Å². The van der Waals surface area contributed by atoms with E-state index in [0.29, 0.717) is 61.1 Å². The van der Waals surface area contributed by atoms with Crippen LogP contribution in [0.4, 0.5) is 21.8 Å². The van der Waals surface area contributed by atoms with E-state index in [1.807, 2.05) is 6.92 Å². The highest BCUT2D eigenvalue weighted by Gasteiger charge is 2.33. The summed E-state index contributed by atoms with van der Waals surface area (Å²) in [7, 11) is 1.66. The zero-order valence-electron chi connectivity index (χ0n) is 17.2. The van der Waals surface area contributed by atoms with E-state index >= 15 is 4.39 Å². The molecule has 0 radical (unpaired) electrons. The Morgan fingerprint density at radius 2 is 2.30 bits per heavy atom. The van der Waals surface area contributed by atoms with Gasteiger partial charge in [-0.1, -0.05) is 11.6 Å². The van der Waals surface area contributed by atoms with Gasteiger partial charge >= 0.3 is 0 Å². The highest BCUT2D eigenvalue weighted by molar-refractivity contribution is 6.32. The fourth-order valence-electron chi connectivity index (χ4n) is 3.83. The fraction of sp³-hybridized carbons (Fsp3) is 0.632. The zero-order chi connectivity index (χ0) is 21.1. The number of nitrogens with zero attached hydrogens (tertiary/aromatic N) is 5. The van der Waals surface area contributed by atoms with Gasteiger partial charge < -0.3 is 20.1 Å². The lowest BCUT2D eigenvalue weighted by atomic mass is 10.0. The molecule has 0 aliphatic carbocycles. The molecule has 1 fully saturated rings. The summed E-state index contributed by atoms with van der Waals surface area (Å²) in [5.74, 6) is 1.38. The number of hydrogen-bond donors (Lipinski definition) is 2. The van der Waals surface area contributed by atoms with Crippen LogP contribution < -0.4 is 15.4 Å². The average molecular weight is 440 g/mol. The number of fused-ring (bicyclic) bond motifs is 3. The smallest absolute Gasteiger partial charge is 0.257 e. The lowest BCUT2D eigenvalue weighted by Crippen LogP contribution is -2.44. The van der Waals surface area contributed by atoms with Crippen molar-refractivity contribution in [3.63, 3.8) is 0 Å². The number of nitrogens with one attached hydrogen (secondary N) is 2. The molecule has 2 bridgehead atoms. The average Bonchev–Trinajstić information content (AvgIpc) is 3.02. The number of aromatic nitrogens is 4. The van der Waals surface area contributed by atoms with Gasteiger partial charge in [0.15, 0.2) is 5.82 Å². The molecule has 2 atom stereocenters. The van der Waals surface area contributed by atoms with Gasteiger partial charge in [-0.25, -0.2) is 9.37 Å². The molecule has 2 aromatic rings. The molecule has 4 rings (SSSR count). The SMILES string of the molecule is COCCN1CC[C@@H](n2nc3c(c2C)Nc2ncc(Cl)c(n2)NCCCO3)[C@H](F)C1. The van der Waals surface area contributed by atoms with Crippen molar-refractivity contribution in [1.29, 1.82) is 0 Å². The molecular formula is C19H27ClFN7O2. The quantitative estimate of drug-likeness (QED) is 0.751. The second kappa shape index (κ2) is 9.32. The molecule has 4 heterocycles. The molecule has 0 unspecified atom stereocenters. The Bertz CT molecular complexity index is 881. The summed E-state index contributed by atoms with van der Waals surface area (Å²) in [5.41, 5.74) is 1.44. The van der Waals surface area contributed by atoms with E-state index in [4.69, 9.17) is 21.1 Å². The molecule has 0 amide bonds. The van der Waals surface area contributed by atoms with Crippen molar-refractivity contribution in [3.8, 4) is 5.88 Å². The first-order valence-electron chi connectivity index (χ1n) is 10.2. The molecule has 0 spiro atoms. The molecule has 30 heavy (non-hydrogen) atoms.